The Morgan fingerprint density at radius 2 is 2.11 bits per heavy atom. The SMILES string of the molecule is NC1CC(NCc2cc(Br)cs2)c2ccccc21. The van der Waals surface area contributed by atoms with Gasteiger partial charge in [-0.25, -0.2) is 0 Å². The van der Waals surface area contributed by atoms with Crippen LogP contribution in [-0.2, 0) is 6.54 Å². The molecule has 0 saturated heterocycles. The fourth-order valence-corrected chi connectivity index (χ4v) is 3.94. The van der Waals surface area contributed by atoms with E-state index in [0.29, 0.717) is 6.04 Å². The minimum absolute atomic E-state index is 0.175. The van der Waals surface area contributed by atoms with Crippen LogP contribution in [0, 0.1) is 0 Å². The summed E-state index contributed by atoms with van der Waals surface area (Å²) in [6.45, 7) is 0.905. The Morgan fingerprint density at radius 3 is 2.83 bits per heavy atom. The Morgan fingerprint density at radius 1 is 1.33 bits per heavy atom. The number of nitrogens with one attached hydrogen (secondary N) is 1. The molecule has 0 bridgehead atoms. The van der Waals surface area contributed by atoms with E-state index in [1.165, 1.54) is 16.0 Å². The molecule has 2 atom stereocenters. The second-order valence-electron chi connectivity index (χ2n) is 4.64. The van der Waals surface area contributed by atoms with Crippen LogP contribution in [0.2, 0.25) is 0 Å². The molecule has 3 rings (SSSR count). The van der Waals surface area contributed by atoms with Crippen LogP contribution in [0.3, 0.4) is 0 Å². The van der Waals surface area contributed by atoms with Gasteiger partial charge in [-0.3, -0.25) is 0 Å². The van der Waals surface area contributed by atoms with Gasteiger partial charge in [-0.15, -0.1) is 11.3 Å². The Balaban J connectivity index is 1.72. The summed E-state index contributed by atoms with van der Waals surface area (Å²) in [5, 5.41) is 5.72. The monoisotopic (exact) mass is 322 g/mol. The van der Waals surface area contributed by atoms with Crippen LogP contribution in [0.25, 0.3) is 0 Å². The van der Waals surface area contributed by atoms with Gasteiger partial charge in [-0.05, 0) is 39.5 Å². The molecule has 2 aromatic rings. The number of nitrogens with two attached hydrogens (primary N) is 1. The van der Waals surface area contributed by atoms with Gasteiger partial charge in [0, 0.05) is 33.4 Å². The maximum absolute atomic E-state index is 6.16. The molecule has 1 aromatic heterocycles. The third-order valence-corrected chi connectivity index (χ3v) is 5.10. The molecule has 94 valence electrons. The van der Waals surface area contributed by atoms with Gasteiger partial charge in [0.2, 0.25) is 0 Å². The first-order valence-electron chi connectivity index (χ1n) is 6.05. The molecular weight excluding hydrogens is 308 g/mol. The highest BCUT2D eigenvalue weighted by Crippen LogP contribution is 2.37. The number of hydrogen-bond donors (Lipinski definition) is 2. The Labute approximate surface area is 119 Å². The van der Waals surface area contributed by atoms with Gasteiger partial charge in [-0.2, -0.15) is 0 Å². The molecule has 0 saturated carbocycles. The zero-order valence-corrected chi connectivity index (χ0v) is 12.3. The van der Waals surface area contributed by atoms with E-state index in [0.717, 1.165) is 17.4 Å². The van der Waals surface area contributed by atoms with Crippen LogP contribution in [0.5, 0.6) is 0 Å². The molecule has 2 unspecified atom stereocenters. The zero-order chi connectivity index (χ0) is 12.5. The molecule has 0 aliphatic heterocycles. The maximum atomic E-state index is 6.16. The van der Waals surface area contributed by atoms with Crippen molar-refractivity contribution in [2.75, 3.05) is 0 Å². The first-order valence-corrected chi connectivity index (χ1v) is 7.72. The lowest BCUT2D eigenvalue weighted by Crippen LogP contribution is -2.19. The van der Waals surface area contributed by atoms with Crippen molar-refractivity contribution in [3.05, 3.63) is 56.2 Å². The summed E-state index contributed by atoms with van der Waals surface area (Å²) in [5.74, 6) is 0. The summed E-state index contributed by atoms with van der Waals surface area (Å²) in [7, 11) is 0. The Hall–Kier alpha value is -0.680. The average Bonchev–Trinajstić information content (AvgIpc) is 2.92. The van der Waals surface area contributed by atoms with Crippen molar-refractivity contribution in [1.29, 1.82) is 0 Å². The van der Waals surface area contributed by atoms with Gasteiger partial charge in [0.05, 0.1) is 0 Å². The number of halogens is 1. The summed E-state index contributed by atoms with van der Waals surface area (Å²) >= 11 is 5.26. The first kappa shape index (κ1) is 12.4. The van der Waals surface area contributed by atoms with Gasteiger partial charge < -0.3 is 11.1 Å². The summed E-state index contributed by atoms with van der Waals surface area (Å²) < 4.78 is 1.16. The van der Waals surface area contributed by atoms with Crippen molar-refractivity contribution in [3.8, 4) is 0 Å². The van der Waals surface area contributed by atoms with Crippen molar-refractivity contribution in [3.63, 3.8) is 0 Å². The van der Waals surface area contributed by atoms with Crippen LogP contribution >= 0.6 is 27.3 Å². The highest BCUT2D eigenvalue weighted by molar-refractivity contribution is 9.10. The van der Waals surface area contributed by atoms with E-state index in [2.05, 4.69) is 57.0 Å². The average molecular weight is 323 g/mol. The lowest BCUT2D eigenvalue weighted by molar-refractivity contribution is 0.501. The van der Waals surface area contributed by atoms with E-state index in [9.17, 15) is 0 Å². The molecule has 0 fully saturated rings. The quantitative estimate of drug-likeness (QED) is 0.903. The van der Waals surface area contributed by atoms with Crippen molar-refractivity contribution in [2.24, 2.45) is 5.73 Å². The molecule has 4 heteroatoms. The molecule has 18 heavy (non-hydrogen) atoms. The van der Waals surface area contributed by atoms with Gasteiger partial charge in [0.15, 0.2) is 0 Å². The number of thiophene rings is 1. The van der Waals surface area contributed by atoms with E-state index in [1.54, 1.807) is 11.3 Å². The van der Waals surface area contributed by atoms with Crippen LogP contribution in [0.1, 0.15) is 34.5 Å². The predicted octanol–water partition coefficient (Wildman–Crippen LogP) is 3.75. The molecule has 2 nitrogen and oxygen atoms in total. The molecule has 1 aliphatic rings. The smallest absolute Gasteiger partial charge is 0.0344 e. The highest BCUT2D eigenvalue weighted by atomic mass is 79.9. The lowest BCUT2D eigenvalue weighted by atomic mass is 10.1. The van der Waals surface area contributed by atoms with Crippen molar-refractivity contribution in [2.45, 2.75) is 25.0 Å². The predicted molar refractivity (Wildman–Crippen MR) is 79.6 cm³/mol. The molecule has 3 N–H and O–H groups in total. The highest BCUT2D eigenvalue weighted by Gasteiger charge is 2.27. The van der Waals surface area contributed by atoms with Gasteiger partial charge in [-0.1, -0.05) is 24.3 Å². The van der Waals surface area contributed by atoms with E-state index in [-0.39, 0.29) is 6.04 Å². The minimum Gasteiger partial charge on any atom is -0.324 e. The van der Waals surface area contributed by atoms with Gasteiger partial charge >= 0.3 is 0 Å². The fraction of sp³-hybridized carbons (Fsp3) is 0.286. The second-order valence-corrected chi connectivity index (χ2v) is 6.55. The van der Waals surface area contributed by atoms with Crippen LogP contribution in [-0.4, -0.2) is 0 Å². The van der Waals surface area contributed by atoms with Gasteiger partial charge in [0.25, 0.3) is 0 Å². The third kappa shape index (κ3) is 2.38. The number of fused-ring (bicyclic) bond motifs is 1. The lowest BCUT2D eigenvalue weighted by Gasteiger charge is -2.13. The van der Waals surface area contributed by atoms with Crippen molar-refractivity contribution >= 4 is 27.3 Å². The Kier molecular flexibility index (Phi) is 3.52. The largest absolute Gasteiger partial charge is 0.324 e. The van der Waals surface area contributed by atoms with Crippen LogP contribution in [0.4, 0.5) is 0 Å². The molecule has 0 amide bonds. The standard InChI is InChI=1S/C14H15BrN2S/c15-9-5-10(18-8-9)7-17-14-6-13(16)11-3-1-2-4-12(11)14/h1-5,8,13-14,17H,6-7,16H2. The third-order valence-electron chi connectivity index (χ3n) is 3.40. The molecule has 1 aliphatic carbocycles. The molecule has 1 aromatic carbocycles. The number of rotatable bonds is 3. The van der Waals surface area contributed by atoms with E-state index in [4.69, 9.17) is 5.73 Å². The van der Waals surface area contributed by atoms with E-state index in [1.807, 2.05) is 0 Å². The van der Waals surface area contributed by atoms with Crippen LogP contribution < -0.4 is 11.1 Å². The maximum Gasteiger partial charge on any atom is 0.0344 e. The summed E-state index contributed by atoms with van der Waals surface area (Å²) in [6, 6.07) is 11.2. The van der Waals surface area contributed by atoms with E-state index < -0.39 is 0 Å². The summed E-state index contributed by atoms with van der Waals surface area (Å²) in [4.78, 5) is 1.35. The molecule has 0 spiro atoms. The van der Waals surface area contributed by atoms with Crippen molar-refractivity contribution < 1.29 is 0 Å². The Bertz CT molecular complexity index is 552. The number of benzene rings is 1. The van der Waals surface area contributed by atoms with E-state index >= 15 is 0 Å². The normalized spacial score (nSPS) is 22.1. The van der Waals surface area contributed by atoms with Crippen LogP contribution in [0.15, 0.2) is 40.2 Å². The fourth-order valence-electron chi connectivity index (χ4n) is 2.54. The zero-order valence-electron chi connectivity index (χ0n) is 9.90. The minimum atomic E-state index is 0.175. The van der Waals surface area contributed by atoms with Gasteiger partial charge in [0.1, 0.15) is 0 Å². The number of hydrogen-bond acceptors (Lipinski definition) is 3. The molecular formula is C14H15BrN2S. The second kappa shape index (κ2) is 5.13. The summed E-state index contributed by atoms with van der Waals surface area (Å²) in [5.41, 5.74) is 8.82. The molecule has 0 radical (unpaired) electrons. The summed E-state index contributed by atoms with van der Waals surface area (Å²) in [6.07, 6.45) is 0.992. The molecule has 1 heterocycles. The topological polar surface area (TPSA) is 38.0 Å². The first-order chi connectivity index (χ1) is 8.74. The van der Waals surface area contributed by atoms with Crippen molar-refractivity contribution in [1.82, 2.24) is 5.32 Å².